The normalized spacial score (nSPS) is 12.9. The summed E-state index contributed by atoms with van der Waals surface area (Å²) in [5.41, 5.74) is 0.882. The summed E-state index contributed by atoms with van der Waals surface area (Å²) in [6, 6.07) is 10.8. The molecule has 0 bridgehead atoms. The fourth-order valence-corrected chi connectivity index (χ4v) is 4.71. The minimum absolute atomic E-state index is 0.00651. The van der Waals surface area contributed by atoms with Gasteiger partial charge < -0.3 is 20.7 Å². The van der Waals surface area contributed by atoms with Crippen LogP contribution < -0.4 is 26.4 Å². The van der Waals surface area contributed by atoms with Gasteiger partial charge in [0, 0.05) is 50.2 Å². The quantitative estimate of drug-likeness (QED) is 0.339. The number of halogens is 1. The van der Waals surface area contributed by atoms with E-state index < -0.39 is 17.3 Å². The Hall–Kier alpha value is -4.51. The molecule has 1 aliphatic rings. The van der Waals surface area contributed by atoms with Gasteiger partial charge in [0.15, 0.2) is 0 Å². The summed E-state index contributed by atoms with van der Waals surface area (Å²) < 4.78 is 21.3. The van der Waals surface area contributed by atoms with E-state index in [1.165, 1.54) is 43.8 Å². The molecule has 1 fully saturated rings. The molecule has 1 saturated heterocycles. The van der Waals surface area contributed by atoms with Crippen molar-refractivity contribution in [1.82, 2.24) is 15.2 Å². The topological polar surface area (TPSA) is 122 Å². The summed E-state index contributed by atoms with van der Waals surface area (Å²) in [6.07, 6.45) is 1.87. The van der Waals surface area contributed by atoms with Crippen molar-refractivity contribution in [2.45, 2.75) is 46.6 Å². The van der Waals surface area contributed by atoms with Gasteiger partial charge in [0.1, 0.15) is 17.2 Å². The number of aromatic nitrogens is 1. The number of benzene rings is 2. The van der Waals surface area contributed by atoms with Gasteiger partial charge in [0.25, 0.3) is 17.4 Å². The van der Waals surface area contributed by atoms with Gasteiger partial charge in [0.05, 0.1) is 11.4 Å². The summed E-state index contributed by atoms with van der Waals surface area (Å²) in [5, 5.41) is 8.40. The Labute approximate surface area is 244 Å². The molecule has 1 aliphatic heterocycles. The van der Waals surface area contributed by atoms with Gasteiger partial charge in [-0.25, -0.2) is 4.39 Å². The van der Waals surface area contributed by atoms with Crippen molar-refractivity contribution >= 4 is 41.1 Å². The second-order valence-corrected chi connectivity index (χ2v) is 9.63. The molecule has 3 aromatic rings. The average Bonchev–Trinajstić information content (AvgIpc) is 3.01. The first kappa shape index (κ1) is 32.0. The van der Waals surface area contributed by atoms with E-state index in [1.54, 1.807) is 31.2 Å². The molecule has 11 heteroatoms. The van der Waals surface area contributed by atoms with Gasteiger partial charge in [-0.05, 0) is 62.6 Å². The fraction of sp³-hybridized carbons (Fsp3) is 0.355. The van der Waals surface area contributed by atoms with Crippen molar-refractivity contribution in [1.29, 1.82) is 0 Å². The molecule has 0 atom stereocenters. The number of nitrogens with one attached hydrogen (secondary N) is 3. The van der Waals surface area contributed by atoms with E-state index in [0.717, 1.165) is 4.90 Å². The van der Waals surface area contributed by atoms with Crippen LogP contribution in [0, 0.1) is 19.7 Å². The third kappa shape index (κ3) is 6.85. The third-order valence-electron chi connectivity index (χ3n) is 6.91. The lowest BCUT2D eigenvalue weighted by Crippen LogP contribution is -2.39. The standard InChI is InChI=1S/C29H32FN5O5.C2H6/c1-17-8-9-23(22(30)14-17)33-26-24(28(38)31-3)25(18(2)29(39)34(26)4)35(16-36)21-7-5-6-19(15-21)27(37)32-20-10-12-40-13-11-20;1-2/h5-9,14-16,20,33H,10-13H2,1-4H3,(H,31,38)(H,32,37);1-2H3. The van der Waals surface area contributed by atoms with Gasteiger partial charge in [-0.1, -0.05) is 26.0 Å². The maximum Gasteiger partial charge on any atom is 0.256 e. The first-order valence-electron chi connectivity index (χ1n) is 13.9. The van der Waals surface area contributed by atoms with E-state index in [0.29, 0.717) is 43.6 Å². The number of carbonyl (C=O) groups excluding carboxylic acids is 3. The summed E-state index contributed by atoms with van der Waals surface area (Å²) in [5.74, 6) is -1.51. The molecule has 3 N–H and O–H groups in total. The van der Waals surface area contributed by atoms with Crippen molar-refractivity contribution < 1.29 is 23.5 Å². The molecule has 0 saturated carbocycles. The molecule has 0 aliphatic carbocycles. The molecule has 2 aromatic carbocycles. The maximum absolute atomic E-state index is 14.8. The highest BCUT2D eigenvalue weighted by Crippen LogP contribution is 2.35. The van der Waals surface area contributed by atoms with Gasteiger partial charge in [0.2, 0.25) is 6.41 Å². The summed E-state index contributed by atoms with van der Waals surface area (Å²) in [4.78, 5) is 53.3. The first-order valence-corrected chi connectivity index (χ1v) is 13.9. The molecule has 0 spiro atoms. The Balaban J connectivity index is 0.00000237. The fourth-order valence-electron chi connectivity index (χ4n) is 4.71. The molecule has 224 valence electrons. The van der Waals surface area contributed by atoms with Crippen LogP contribution in [-0.2, 0) is 16.6 Å². The van der Waals surface area contributed by atoms with Crippen LogP contribution in [0.5, 0.6) is 0 Å². The van der Waals surface area contributed by atoms with E-state index in [9.17, 15) is 23.6 Å². The van der Waals surface area contributed by atoms with Crippen molar-refractivity contribution in [2.24, 2.45) is 7.05 Å². The highest BCUT2D eigenvalue weighted by Gasteiger charge is 2.28. The van der Waals surface area contributed by atoms with Crippen LogP contribution in [0.15, 0.2) is 47.3 Å². The van der Waals surface area contributed by atoms with Crippen LogP contribution >= 0.6 is 0 Å². The summed E-state index contributed by atoms with van der Waals surface area (Å²) >= 11 is 0. The predicted molar refractivity (Wildman–Crippen MR) is 162 cm³/mol. The average molecular weight is 580 g/mol. The van der Waals surface area contributed by atoms with E-state index in [-0.39, 0.29) is 46.0 Å². The van der Waals surface area contributed by atoms with E-state index in [4.69, 9.17) is 4.74 Å². The summed E-state index contributed by atoms with van der Waals surface area (Å²) in [7, 11) is 2.86. The molecular formula is C31H38FN5O5. The number of anilines is 4. The predicted octanol–water partition coefficient (Wildman–Crippen LogP) is 4.47. The van der Waals surface area contributed by atoms with Crippen molar-refractivity contribution in [3.8, 4) is 0 Å². The minimum atomic E-state index is -0.607. The zero-order valence-electron chi connectivity index (χ0n) is 24.8. The smallest absolute Gasteiger partial charge is 0.256 e. The number of ether oxygens (including phenoxy) is 1. The summed E-state index contributed by atoms with van der Waals surface area (Å²) in [6.45, 7) is 8.37. The molecular weight excluding hydrogens is 541 g/mol. The third-order valence-corrected chi connectivity index (χ3v) is 6.91. The van der Waals surface area contributed by atoms with Crippen LogP contribution in [0.4, 0.5) is 27.3 Å². The van der Waals surface area contributed by atoms with E-state index >= 15 is 0 Å². The molecule has 3 amide bonds. The molecule has 42 heavy (non-hydrogen) atoms. The second-order valence-electron chi connectivity index (χ2n) is 9.63. The van der Waals surface area contributed by atoms with Gasteiger partial charge >= 0.3 is 0 Å². The highest BCUT2D eigenvalue weighted by molar-refractivity contribution is 6.09. The van der Waals surface area contributed by atoms with E-state index in [2.05, 4.69) is 16.0 Å². The number of aryl methyl sites for hydroxylation is 1. The number of hydrogen-bond acceptors (Lipinski definition) is 6. The van der Waals surface area contributed by atoms with Crippen molar-refractivity contribution in [3.63, 3.8) is 0 Å². The molecule has 1 aromatic heterocycles. The van der Waals surface area contributed by atoms with Crippen LogP contribution in [0.2, 0.25) is 0 Å². The number of rotatable bonds is 8. The number of amides is 3. The Morgan fingerprint density at radius 3 is 2.38 bits per heavy atom. The monoisotopic (exact) mass is 579 g/mol. The van der Waals surface area contributed by atoms with Crippen molar-refractivity contribution in [2.75, 3.05) is 30.5 Å². The Morgan fingerprint density at radius 2 is 1.76 bits per heavy atom. The minimum Gasteiger partial charge on any atom is -0.381 e. The Kier molecular flexibility index (Phi) is 11.0. The van der Waals surface area contributed by atoms with Crippen LogP contribution in [0.25, 0.3) is 0 Å². The van der Waals surface area contributed by atoms with Crippen molar-refractivity contribution in [3.05, 3.63) is 80.9 Å². The lowest BCUT2D eigenvalue weighted by Gasteiger charge is -2.27. The van der Waals surface area contributed by atoms with Gasteiger partial charge in [-0.2, -0.15) is 0 Å². The Bertz CT molecular complexity index is 1510. The molecule has 10 nitrogen and oxygen atoms in total. The number of pyridine rings is 1. The lowest BCUT2D eigenvalue weighted by molar-refractivity contribution is -0.106. The largest absolute Gasteiger partial charge is 0.381 e. The first-order chi connectivity index (χ1) is 20.2. The molecule has 4 rings (SSSR count). The van der Waals surface area contributed by atoms with Crippen LogP contribution in [-0.4, -0.2) is 49.1 Å². The zero-order chi connectivity index (χ0) is 31.0. The second kappa shape index (κ2) is 14.4. The zero-order valence-corrected chi connectivity index (χ0v) is 24.8. The van der Waals surface area contributed by atoms with Crippen LogP contribution in [0.3, 0.4) is 0 Å². The maximum atomic E-state index is 14.8. The van der Waals surface area contributed by atoms with Gasteiger partial charge in [-0.15, -0.1) is 0 Å². The lowest BCUT2D eigenvalue weighted by atomic mass is 10.0. The number of carbonyl (C=O) groups is 3. The molecule has 2 heterocycles. The van der Waals surface area contributed by atoms with Gasteiger partial charge in [-0.3, -0.25) is 28.6 Å². The molecule has 0 unspecified atom stereocenters. The highest BCUT2D eigenvalue weighted by atomic mass is 19.1. The Morgan fingerprint density at radius 1 is 1.07 bits per heavy atom. The molecule has 0 radical (unpaired) electrons. The SMILES string of the molecule is CC.CNC(=O)c1c(N(C=O)c2cccc(C(=O)NC3CCOCC3)c2)c(C)c(=O)n(C)c1Nc1ccc(C)cc1F. The van der Waals surface area contributed by atoms with Crippen LogP contribution in [0.1, 0.15) is 58.5 Å². The van der Waals surface area contributed by atoms with E-state index in [1.807, 2.05) is 13.8 Å². The number of hydrogen-bond donors (Lipinski definition) is 3. The number of nitrogens with zero attached hydrogens (tertiary/aromatic N) is 2.